The van der Waals surface area contributed by atoms with E-state index in [1.54, 1.807) is 10.9 Å². The molecule has 26 heavy (non-hydrogen) atoms. The third kappa shape index (κ3) is 4.12. The van der Waals surface area contributed by atoms with Crippen molar-refractivity contribution in [1.29, 1.82) is 0 Å². The van der Waals surface area contributed by atoms with E-state index in [0.717, 1.165) is 30.3 Å². The number of aryl methyl sites for hydroxylation is 1. The van der Waals surface area contributed by atoms with Crippen molar-refractivity contribution in [3.63, 3.8) is 0 Å². The molecule has 0 radical (unpaired) electrons. The van der Waals surface area contributed by atoms with Crippen LogP contribution < -0.4 is 0 Å². The molecule has 138 valence electrons. The Morgan fingerprint density at radius 3 is 2.85 bits per heavy atom. The minimum atomic E-state index is 0.110. The van der Waals surface area contributed by atoms with Gasteiger partial charge in [0.15, 0.2) is 0 Å². The average Bonchev–Trinajstić information content (AvgIpc) is 3.22. The number of nitrogens with zero attached hydrogens (tertiary/aromatic N) is 4. The number of aromatic nitrogens is 3. The number of hydrogen-bond donors (Lipinski definition) is 0. The van der Waals surface area contributed by atoms with Crippen molar-refractivity contribution in [2.24, 2.45) is 11.8 Å². The van der Waals surface area contributed by atoms with Crippen LogP contribution in [0, 0.1) is 18.8 Å². The zero-order valence-electron chi connectivity index (χ0n) is 15.3. The molecule has 0 bridgehead atoms. The van der Waals surface area contributed by atoms with Gasteiger partial charge in [-0.1, -0.05) is 6.07 Å². The number of carbonyl (C=O) groups is 1. The van der Waals surface area contributed by atoms with Crippen molar-refractivity contribution in [2.45, 2.75) is 32.2 Å². The highest BCUT2D eigenvalue weighted by Crippen LogP contribution is 2.33. The molecule has 4 rings (SSSR count). The molecule has 0 aromatic carbocycles. The first-order valence-electron chi connectivity index (χ1n) is 9.44. The number of likely N-dealkylation sites (tertiary alicyclic amines) is 1. The highest BCUT2D eigenvalue weighted by molar-refractivity contribution is 5.76. The Kier molecular flexibility index (Phi) is 5.02. The monoisotopic (exact) mass is 354 g/mol. The van der Waals surface area contributed by atoms with E-state index in [1.807, 2.05) is 36.4 Å². The Labute approximate surface area is 154 Å². The molecule has 1 aliphatic heterocycles. The molecule has 2 aromatic rings. The topological polar surface area (TPSA) is 60.2 Å². The quantitative estimate of drug-likeness (QED) is 0.765. The molecular weight excluding hydrogens is 328 g/mol. The van der Waals surface area contributed by atoms with Crippen LogP contribution in [-0.4, -0.2) is 51.9 Å². The molecule has 2 aliphatic rings. The Bertz CT molecular complexity index is 741. The molecule has 1 aliphatic carbocycles. The second kappa shape index (κ2) is 7.58. The lowest BCUT2D eigenvalue weighted by Crippen LogP contribution is -2.32. The van der Waals surface area contributed by atoms with Crippen molar-refractivity contribution in [3.8, 4) is 0 Å². The van der Waals surface area contributed by atoms with Gasteiger partial charge in [-0.15, -0.1) is 0 Å². The maximum absolute atomic E-state index is 12.7. The molecule has 2 aromatic heterocycles. The average molecular weight is 354 g/mol. The maximum Gasteiger partial charge on any atom is 0.244 e. The number of carbonyl (C=O) groups excluding carboxylic acids is 1. The van der Waals surface area contributed by atoms with Crippen LogP contribution in [0.2, 0.25) is 0 Å². The highest BCUT2D eigenvalue weighted by Gasteiger charge is 2.37. The van der Waals surface area contributed by atoms with Gasteiger partial charge in [0.05, 0.1) is 12.8 Å². The summed E-state index contributed by atoms with van der Waals surface area (Å²) in [6, 6.07) is 6.00. The lowest BCUT2D eigenvalue weighted by Gasteiger charge is -2.17. The summed E-state index contributed by atoms with van der Waals surface area (Å²) in [4.78, 5) is 19.2. The molecule has 0 spiro atoms. The van der Waals surface area contributed by atoms with Crippen LogP contribution in [0.1, 0.15) is 30.0 Å². The van der Waals surface area contributed by atoms with Gasteiger partial charge in [-0.25, -0.2) is 0 Å². The van der Waals surface area contributed by atoms with Crippen LogP contribution in [-0.2, 0) is 16.1 Å². The summed E-state index contributed by atoms with van der Waals surface area (Å²) in [5, 5.41) is 4.23. The van der Waals surface area contributed by atoms with E-state index < -0.39 is 0 Å². The van der Waals surface area contributed by atoms with Gasteiger partial charge in [0.25, 0.3) is 0 Å². The Balaban J connectivity index is 1.42. The van der Waals surface area contributed by atoms with Crippen molar-refractivity contribution < 1.29 is 9.53 Å². The molecule has 6 heteroatoms. The fourth-order valence-electron chi connectivity index (χ4n) is 3.64. The van der Waals surface area contributed by atoms with Crippen molar-refractivity contribution in [2.75, 3.05) is 26.3 Å². The summed E-state index contributed by atoms with van der Waals surface area (Å²) in [5.41, 5.74) is 2.12. The Morgan fingerprint density at radius 1 is 1.27 bits per heavy atom. The summed E-state index contributed by atoms with van der Waals surface area (Å²) in [6.07, 6.45) is 8.10. The Morgan fingerprint density at radius 2 is 2.15 bits per heavy atom. The molecule has 1 saturated heterocycles. The highest BCUT2D eigenvalue weighted by atomic mass is 16.5. The summed E-state index contributed by atoms with van der Waals surface area (Å²) < 4.78 is 7.67. The smallest absolute Gasteiger partial charge is 0.244 e. The number of ether oxygens (including phenoxy) is 1. The predicted octanol–water partition coefficient (Wildman–Crippen LogP) is 2.26. The standard InChI is InChI=1S/C20H26N4O2/c1-15-8-22-24(9-15)12-20(25)23-10-17(14-26-13-16-5-6-16)18(11-23)19-4-2-3-7-21-19/h2-4,7-9,16-18H,5-6,10-14H2,1H3. The number of amides is 1. The van der Waals surface area contributed by atoms with Crippen LogP contribution in [0.4, 0.5) is 0 Å². The fourth-order valence-corrected chi connectivity index (χ4v) is 3.64. The van der Waals surface area contributed by atoms with E-state index in [0.29, 0.717) is 25.6 Å². The van der Waals surface area contributed by atoms with Crippen LogP contribution in [0.5, 0.6) is 0 Å². The first-order valence-corrected chi connectivity index (χ1v) is 9.44. The minimum absolute atomic E-state index is 0.110. The van der Waals surface area contributed by atoms with Gasteiger partial charge in [-0.05, 0) is 43.4 Å². The lowest BCUT2D eigenvalue weighted by atomic mass is 9.93. The third-order valence-corrected chi connectivity index (χ3v) is 5.30. The normalized spacial score (nSPS) is 22.7. The molecule has 0 N–H and O–H groups in total. The van der Waals surface area contributed by atoms with Crippen molar-refractivity contribution >= 4 is 5.91 Å². The molecule has 2 fully saturated rings. The predicted molar refractivity (Wildman–Crippen MR) is 97.6 cm³/mol. The van der Waals surface area contributed by atoms with Gasteiger partial charge >= 0.3 is 0 Å². The van der Waals surface area contributed by atoms with Crippen LogP contribution in [0.3, 0.4) is 0 Å². The number of rotatable bonds is 7. The number of hydrogen-bond acceptors (Lipinski definition) is 4. The van der Waals surface area contributed by atoms with E-state index in [4.69, 9.17) is 4.74 Å². The zero-order chi connectivity index (χ0) is 17.9. The fraction of sp³-hybridized carbons (Fsp3) is 0.550. The molecule has 6 nitrogen and oxygen atoms in total. The first-order chi connectivity index (χ1) is 12.7. The van der Waals surface area contributed by atoms with Crippen molar-refractivity contribution in [1.82, 2.24) is 19.7 Å². The molecule has 1 amide bonds. The largest absolute Gasteiger partial charge is 0.381 e. The van der Waals surface area contributed by atoms with Gasteiger partial charge < -0.3 is 9.64 Å². The zero-order valence-corrected chi connectivity index (χ0v) is 15.3. The van der Waals surface area contributed by atoms with E-state index in [2.05, 4.69) is 16.1 Å². The lowest BCUT2D eigenvalue weighted by molar-refractivity contribution is -0.131. The van der Waals surface area contributed by atoms with Gasteiger partial charge in [0.2, 0.25) is 5.91 Å². The summed E-state index contributed by atoms with van der Waals surface area (Å²) in [6.45, 7) is 5.25. The first kappa shape index (κ1) is 17.2. The number of pyridine rings is 1. The summed E-state index contributed by atoms with van der Waals surface area (Å²) in [5.74, 6) is 1.40. The molecule has 3 heterocycles. The van der Waals surface area contributed by atoms with E-state index in [1.165, 1.54) is 12.8 Å². The summed E-state index contributed by atoms with van der Waals surface area (Å²) >= 11 is 0. The van der Waals surface area contributed by atoms with Gasteiger partial charge in [-0.3, -0.25) is 14.5 Å². The molecule has 2 atom stereocenters. The molecule has 1 saturated carbocycles. The van der Waals surface area contributed by atoms with E-state index >= 15 is 0 Å². The second-order valence-electron chi connectivity index (χ2n) is 7.62. The van der Waals surface area contributed by atoms with Crippen LogP contribution >= 0.6 is 0 Å². The van der Waals surface area contributed by atoms with Crippen LogP contribution in [0.25, 0.3) is 0 Å². The summed E-state index contributed by atoms with van der Waals surface area (Å²) in [7, 11) is 0. The minimum Gasteiger partial charge on any atom is -0.381 e. The molecular formula is C20H26N4O2. The second-order valence-corrected chi connectivity index (χ2v) is 7.62. The van der Waals surface area contributed by atoms with Gasteiger partial charge in [0, 0.05) is 49.6 Å². The van der Waals surface area contributed by atoms with Gasteiger partial charge in [0.1, 0.15) is 6.54 Å². The van der Waals surface area contributed by atoms with E-state index in [9.17, 15) is 4.79 Å². The van der Waals surface area contributed by atoms with E-state index in [-0.39, 0.29) is 11.8 Å². The van der Waals surface area contributed by atoms with Crippen LogP contribution in [0.15, 0.2) is 36.8 Å². The SMILES string of the molecule is Cc1cnn(CC(=O)N2CC(COCC3CC3)C(c3ccccn3)C2)c1. The molecule has 2 unspecified atom stereocenters. The Hall–Kier alpha value is -2.21. The van der Waals surface area contributed by atoms with Gasteiger partial charge in [-0.2, -0.15) is 5.10 Å². The third-order valence-electron chi connectivity index (χ3n) is 5.30. The maximum atomic E-state index is 12.7. The van der Waals surface area contributed by atoms with Crippen molar-refractivity contribution in [3.05, 3.63) is 48.0 Å².